The Morgan fingerprint density at radius 2 is 1.88 bits per heavy atom. The van der Waals surface area contributed by atoms with Crippen LogP contribution in [0.25, 0.3) is 0 Å². The van der Waals surface area contributed by atoms with E-state index in [0.717, 1.165) is 24.2 Å². The zero-order valence-corrected chi connectivity index (χ0v) is 18.2. The highest BCUT2D eigenvalue weighted by molar-refractivity contribution is 6.04. The van der Waals surface area contributed by atoms with Crippen LogP contribution in [0.1, 0.15) is 46.3 Å². The predicted molar refractivity (Wildman–Crippen MR) is 122 cm³/mol. The quantitative estimate of drug-likeness (QED) is 0.640. The molecule has 0 unspecified atom stereocenters. The Hall–Kier alpha value is -3.74. The van der Waals surface area contributed by atoms with Crippen molar-refractivity contribution in [3.05, 3.63) is 83.4 Å². The zero-order chi connectivity index (χ0) is 22.5. The summed E-state index contributed by atoms with van der Waals surface area (Å²) in [7, 11) is 1.62. The molecule has 32 heavy (non-hydrogen) atoms. The van der Waals surface area contributed by atoms with Gasteiger partial charge in [0, 0.05) is 18.4 Å². The fraction of sp³-hybridized carbons (Fsp3) is 0.280. The molecule has 1 aliphatic heterocycles. The minimum Gasteiger partial charge on any atom is -0.497 e. The number of nitrogens with zero attached hydrogens (tertiary/aromatic N) is 3. The number of benzene rings is 2. The van der Waals surface area contributed by atoms with Crippen molar-refractivity contribution in [1.29, 1.82) is 0 Å². The maximum Gasteiger partial charge on any atom is 0.259 e. The van der Waals surface area contributed by atoms with Crippen LogP contribution in [0.15, 0.2) is 60.8 Å². The third kappa shape index (κ3) is 4.77. The van der Waals surface area contributed by atoms with E-state index in [1.165, 1.54) is 0 Å². The second kappa shape index (κ2) is 9.60. The molecule has 1 N–H and O–H groups in total. The molecule has 1 aromatic heterocycles. The SMILES string of the molecule is COc1ccc(CC(=O)N2CCC[C@@H]2c2ncc(C(=O)Nc3ccccc3)c(C)n2)cc1. The Morgan fingerprint density at radius 1 is 1.12 bits per heavy atom. The van der Waals surface area contributed by atoms with Gasteiger partial charge in [0.15, 0.2) is 5.82 Å². The summed E-state index contributed by atoms with van der Waals surface area (Å²) in [6.07, 6.45) is 3.58. The van der Waals surface area contributed by atoms with Crippen LogP contribution in [0, 0.1) is 6.92 Å². The number of hydrogen-bond acceptors (Lipinski definition) is 5. The van der Waals surface area contributed by atoms with E-state index in [-0.39, 0.29) is 17.9 Å². The van der Waals surface area contributed by atoms with Gasteiger partial charge in [0.1, 0.15) is 5.75 Å². The lowest BCUT2D eigenvalue weighted by molar-refractivity contribution is -0.131. The van der Waals surface area contributed by atoms with Crippen LogP contribution in [0.4, 0.5) is 5.69 Å². The van der Waals surface area contributed by atoms with Crippen molar-refractivity contribution in [2.45, 2.75) is 32.2 Å². The molecule has 3 aromatic rings. The van der Waals surface area contributed by atoms with Gasteiger partial charge in [0.25, 0.3) is 5.91 Å². The van der Waals surface area contributed by atoms with E-state index in [1.807, 2.05) is 59.5 Å². The number of carbonyl (C=O) groups is 2. The van der Waals surface area contributed by atoms with Gasteiger partial charge in [-0.1, -0.05) is 30.3 Å². The lowest BCUT2D eigenvalue weighted by Crippen LogP contribution is -2.33. The summed E-state index contributed by atoms with van der Waals surface area (Å²) in [5.41, 5.74) is 2.67. The third-order valence-electron chi connectivity index (χ3n) is 5.66. The molecule has 4 rings (SSSR count). The number of rotatable bonds is 6. The van der Waals surface area contributed by atoms with Gasteiger partial charge in [-0.3, -0.25) is 9.59 Å². The smallest absolute Gasteiger partial charge is 0.259 e. The fourth-order valence-electron chi connectivity index (χ4n) is 3.94. The normalized spacial score (nSPS) is 15.4. The minimum absolute atomic E-state index is 0.0461. The monoisotopic (exact) mass is 430 g/mol. The van der Waals surface area contributed by atoms with E-state index < -0.39 is 0 Å². The van der Waals surface area contributed by atoms with Gasteiger partial charge in [-0.2, -0.15) is 0 Å². The molecule has 0 radical (unpaired) electrons. The maximum atomic E-state index is 13.0. The number of hydrogen-bond donors (Lipinski definition) is 1. The molecule has 2 amide bonds. The molecule has 1 atom stereocenters. The number of likely N-dealkylation sites (tertiary alicyclic amines) is 1. The van der Waals surface area contributed by atoms with Crippen molar-refractivity contribution in [3.8, 4) is 5.75 Å². The molecular formula is C25H26N4O3. The zero-order valence-electron chi connectivity index (χ0n) is 18.2. The number of aromatic nitrogens is 2. The van der Waals surface area contributed by atoms with Gasteiger partial charge in [-0.05, 0) is 49.6 Å². The first kappa shape index (κ1) is 21.5. The van der Waals surface area contributed by atoms with E-state index in [0.29, 0.717) is 35.7 Å². The number of ether oxygens (including phenoxy) is 1. The molecule has 7 nitrogen and oxygen atoms in total. The Balaban J connectivity index is 1.46. The number of aryl methyl sites for hydroxylation is 1. The molecule has 2 heterocycles. The lowest BCUT2D eigenvalue weighted by atomic mass is 10.1. The molecular weight excluding hydrogens is 404 g/mol. The topological polar surface area (TPSA) is 84.4 Å². The molecule has 0 saturated carbocycles. The van der Waals surface area contributed by atoms with Gasteiger partial charge in [0.2, 0.25) is 5.91 Å². The summed E-state index contributed by atoms with van der Waals surface area (Å²) in [5, 5.41) is 2.86. The molecule has 2 aromatic carbocycles. The number of carbonyl (C=O) groups excluding carboxylic acids is 2. The van der Waals surface area contributed by atoms with Crippen LogP contribution in [0.3, 0.4) is 0 Å². The third-order valence-corrected chi connectivity index (χ3v) is 5.66. The van der Waals surface area contributed by atoms with Crippen molar-refractivity contribution in [3.63, 3.8) is 0 Å². The van der Waals surface area contributed by atoms with Crippen LogP contribution in [-0.2, 0) is 11.2 Å². The molecule has 0 bridgehead atoms. The second-order valence-corrected chi connectivity index (χ2v) is 7.82. The van der Waals surface area contributed by atoms with Gasteiger partial charge < -0.3 is 15.0 Å². The number of anilines is 1. The standard InChI is InChI=1S/C25H26N4O3/c1-17-21(25(31)28-19-7-4-3-5-8-19)16-26-24(27-17)22-9-6-14-29(22)23(30)15-18-10-12-20(32-2)13-11-18/h3-5,7-8,10-13,16,22H,6,9,14-15H2,1-2H3,(H,28,31)/t22-/m1/s1. The molecule has 164 valence electrons. The highest BCUT2D eigenvalue weighted by Crippen LogP contribution is 2.31. The van der Waals surface area contributed by atoms with Gasteiger partial charge in [-0.25, -0.2) is 9.97 Å². The Labute approximate surface area is 187 Å². The summed E-state index contributed by atoms with van der Waals surface area (Å²) in [5.74, 6) is 1.14. The summed E-state index contributed by atoms with van der Waals surface area (Å²) < 4.78 is 5.18. The highest BCUT2D eigenvalue weighted by Gasteiger charge is 2.32. The molecule has 7 heteroatoms. The van der Waals surface area contributed by atoms with Crippen molar-refractivity contribution in [2.75, 3.05) is 19.0 Å². The number of para-hydroxylation sites is 1. The van der Waals surface area contributed by atoms with Crippen LogP contribution in [-0.4, -0.2) is 40.3 Å². The van der Waals surface area contributed by atoms with E-state index in [1.54, 1.807) is 20.2 Å². The molecule has 0 aliphatic carbocycles. The van der Waals surface area contributed by atoms with Gasteiger partial charge >= 0.3 is 0 Å². The van der Waals surface area contributed by atoms with Crippen molar-refractivity contribution in [1.82, 2.24) is 14.9 Å². The summed E-state index contributed by atoms with van der Waals surface area (Å²) >= 11 is 0. The Kier molecular flexibility index (Phi) is 6.44. The number of nitrogens with one attached hydrogen (secondary N) is 1. The molecule has 1 saturated heterocycles. The number of amides is 2. The maximum absolute atomic E-state index is 13.0. The minimum atomic E-state index is -0.251. The van der Waals surface area contributed by atoms with Crippen LogP contribution >= 0.6 is 0 Å². The largest absolute Gasteiger partial charge is 0.497 e. The Bertz CT molecular complexity index is 1100. The van der Waals surface area contributed by atoms with E-state index in [9.17, 15) is 9.59 Å². The first-order valence-corrected chi connectivity index (χ1v) is 10.7. The number of methoxy groups -OCH3 is 1. The van der Waals surface area contributed by atoms with Gasteiger partial charge in [0.05, 0.1) is 30.8 Å². The summed E-state index contributed by atoms with van der Waals surface area (Å²) in [6, 6.07) is 16.6. The van der Waals surface area contributed by atoms with Crippen molar-refractivity contribution in [2.24, 2.45) is 0 Å². The average Bonchev–Trinajstić information content (AvgIpc) is 3.30. The summed E-state index contributed by atoms with van der Waals surface area (Å²) in [6.45, 7) is 2.47. The van der Waals surface area contributed by atoms with E-state index in [2.05, 4.69) is 15.3 Å². The van der Waals surface area contributed by atoms with Crippen LogP contribution in [0.2, 0.25) is 0 Å². The van der Waals surface area contributed by atoms with Crippen molar-refractivity contribution >= 4 is 17.5 Å². The fourth-order valence-corrected chi connectivity index (χ4v) is 3.94. The van der Waals surface area contributed by atoms with Crippen LogP contribution in [0.5, 0.6) is 5.75 Å². The average molecular weight is 431 g/mol. The molecule has 1 fully saturated rings. The molecule has 1 aliphatic rings. The van der Waals surface area contributed by atoms with E-state index >= 15 is 0 Å². The lowest BCUT2D eigenvalue weighted by Gasteiger charge is -2.24. The van der Waals surface area contributed by atoms with Gasteiger partial charge in [-0.15, -0.1) is 0 Å². The molecule has 0 spiro atoms. The Morgan fingerprint density at radius 3 is 2.56 bits per heavy atom. The first-order valence-electron chi connectivity index (χ1n) is 10.7. The van der Waals surface area contributed by atoms with Crippen LogP contribution < -0.4 is 10.1 Å². The highest BCUT2D eigenvalue weighted by atomic mass is 16.5. The van der Waals surface area contributed by atoms with Crippen molar-refractivity contribution < 1.29 is 14.3 Å². The predicted octanol–water partition coefficient (Wildman–Crippen LogP) is 3.95. The second-order valence-electron chi connectivity index (χ2n) is 7.82. The van der Waals surface area contributed by atoms with E-state index in [4.69, 9.17) is 4.74 Å². The summed E-state index contributed by atoms with van der Waals surface area (Å²) in [4.78, 5) is 36.5. The first-order chi connectivity index (χ1) is 15.5.